The van der Waals surface area contributed by atoms with Gasteiger partial charge in [-0.3, -0.25) is 4.57 Å². The number of alkyl halides is 3. The largest absolute Gasteiger partial charge is 0.416 e. The molecule has 0 unspecified atom stereocenters. The molecule has 0 saturated heterocycles. The van der Waals surface area contributed by atoms with Crippen LogP contribution in [0, 0.1) is 6.92 Å². The summed E-state index contributed by atoms with van der Waals surface area (Å²) in [4.78, 5) is 0. The minimum absolute atomic E-state index is 0.0251. The van der Waals surface area contributed by atoms with Crippen LogP contribution in [0.1, 0.15) is 11.4 Å². The topological polar surface area (TPSA) is 30.7 Å². The maximum Gasteiger partial charge on any atom is 0.416 e. The molecule has 2 aromatic rings. The third kappa shape index (κ3) is 2.44. The Hall–Kier alpha value is -1.27. The number of halogens is 5. The number of benzene rings is 1. The van der Waals surface area contributed by atoms with Gasteiger partial charge in [-0.15, -0.1) is 10.2 Å². The van der Waals surface area contributed by atoms with Gasteiger partial charge in [-0.05, 0) is 36.7 Å². The molecule has 1 aromatic carbocycles. The van der Waals surface area contributed by atoms with Crippen LogP contribution in [0.25, 0.3) is 5.69 Å². The number of aromatic nitrogens is 3. The first-order valence-corrected chi connectivity index (χ1v) is 5.50. The van der Waals surface area contributed by atoms with E-state index < -0.39 is 11.7 Å². The van der Waals surface area contributed by atoms with Crippen LogP contribution >= 0.6 is 23.2 Å². The quantitative estimate of drug-likeness (QED) is 0.799. The first-order valence-electron chi connectivity index (χ1n) is 4.74. The normalized spacial score (nSPS) is 11.9. The number of nitrogens with zero attached hydrogens (tertiary/aromatic N) is 3. The van der Waals surface area contributed by atoms with Gasteiger partial charge in [0.1, 0.15) is 5.82 Å². The second kappa shape index (κ2) is 4.44. The van der Waals surface area contributed by atoms with Crippen molar-refractivity contribution >= 4 is 23.2 Å². The van der Waals surface area contributed by atoms with Gasteiger partial charge in [-0.2, -0.15) is 13.2 Å². The van der Waals surface area contributed by atoms with E-state index in [1.165, 1.54) is 10.6 Å². The molecule has 96 valence electrons. The van der Waals surface area contributed by atoms with Crippen molar-refractivity contribution in [2.45, 2.75) is 13.1 Å². The van der Waals surface area contributed by atoms with Gasteiger partial charge >= 0.3 is 6.18 Å². The summed E-state index contributed by atoms with van der Waals surface area (Å²) in [6, 6.07) is 3.14. The summed E-state index contributed by atoms with van der Waals surface area (Å²) in [7, 11) is 0. The molecule has 0 aliphatic heterocycles. The van der Waals surface area contributed by atoms with Crippen LogP contribution in [0.4, 0.5) is 13.2 Å². The lowest BCUT2D eigenvalue weighted by Crippen LogP contribution is -2.07. The summed E-state index contributed by atoms with van der Waals surface area (Å²) >= 11 is 11.4. The van der Waals surface area contributed by atoms with Gasteiger partial charge in [0.15, 0.2) is 0 Å². The van der Waals surface area contributed by atoms with Crippen LogP contribution in [0.5, 0.6) is 0 Å². The minimum atomic E-state index is -4.48. The highest BCUT2D eigenvalue weighted by Gasteiger charge is 2.31. The Kier molecular flexibility index (Phi) is 3.25. The zero-order valence-corrected chi connectivity index (χ0v) is 10.5. The van der Waals surface area contributed by atoms with Gasteiger partial charge < -0.3 is 0 Å². The van der Waals surface area contributed by atoms with E-state index in [0.717, 1.165) is 12.1 Å². The van der Waals surface area contributed by atoms with E-state index in [4.69, 9.17) is 23.2 Å². The molecule has 1 aromatic heterocycles. The van der Waals surface area contributed by atoms with Gasteiger partial charge in [0.2, 0.25) is 5.28 Å². The fourth-order valence-electron chi connectivity index (χ4n) is 1.50. The van der Waals surface area contributed by atoms with Crippen molar-refractivity contribution in [2.75, 3.05) is 0 Å². The molecule has 0 spiro atoms. The van der Waals surface area contributed by atoms with Crippen molar-refractivity contribution in [3.8, 4) is 5.69 Å². The lowest BCUT2D eigenvalue weighted by Gasteiger charge is -2.11. The number of rotatable bonds is 1. The molecule has 2 rings (SSSR count). The monoisotopic (exact) mass is 295 g/mol. The van der Waals surface area contributed by atoms with Crippen molar-refractivity contribution in [1.82, 2.24) is 14.8 Å². The van der Waals surface area contributed by atoms with E-state index >= 15 is 0 Å². The zero-order chi connectivity index (χ0) is 13.5. The number of aryl methyl sites for hydroxylation is 1. The van der Waals surface area contributed by atoms with Gasteiger partial charge in [-0.25, -0.2) is 0 Å². The van der Waals surface area contributed by atoms with Gasteiger partial charge in [0, 0.05) is 5.02 Å². The van der Waals surface area contributed by atoms with E-state index in [1.54, 1.807) is 6.92 Å². The maximum absolute atomic E-state index is 12.7. The molecule has 0 aliphatic carbocycles. The Balaban J connectivity index is 2.63. The molecule has 0 saturated carbocycles. The van der Waals surface area contributed by atoms with Gasteiger partial charge in [-0.1, -0.05) is 11.6 Å². The highest BCUT2D eigenvalue weighted by Crippen LogP contribution is 2.33. The third-order valence-electron chi connectivity index (χ3n) is 2.25. The van der Waals surface area contributed by atoms with Crippen molar-refractivity contribution in [3.63, 3.8) is 0 Å². The van der Waals surface area contributed by atoms with E-state index in [2.05, 4.69) is 10.2 Å². The summed E-state index contributed by atoms with van der Waals surface area (Å²) in [6.07, 6.45) is -4.48. The molecule has 3 nitrogen and oxygen atoms in total. The molecular weight excluding hydrogens is 290 g/mol. The molecular formula is C10H6Cl2F3N3. The third-order valence-corrected chi connectivity index (χ3v) is 2.72. The van der Waals surface area contributed by atoms with Crippen molar-refractivity contribution in [1.29, 1.82) is 0 Å². The molecule has 0 amide bonds. The average Bonchev–Trinajstić information content (AvgIpc) is 2.56. The highest BCUT2D eigenvalue weighted by molar-refractivity contribution is 6.31. The van der Waals surface area contributed by atoms with Crippen LogP contribution in [0.15, 0.2) is 18.2 Å². The highest BCUT2D eigenvalue weighted by atomic mass is 35.5. The first-order chi connectivity index (χ1) is 8.29. The Morgan fingerprint density at radius 2 is 1.78 bits per heavy atom. The van der Waals surface area contributed by atoms with Crippen molar-refractivity contribution in [2.24, 2.45) is 0 Å². The van der Waals surface area contributed by atoms with Gasteiger partial charge in [0.05, 0.1) is 11.3 Å². The van der Waals surface area contributed by atoms with E-state index in [-0.39, 0.29) is 16.0 Å². The van der Waals surface area contributed by atoms with E-state index in [9.17, 15) is 13.2 Å². The van der Waals surface area contributed by atoms with Gasteiger partial charge in [0.25, 0.3) is 0 Å². The summed E-state index contributed by atoms with van der Waals surface area (Å²) < 4.78 is 39.3. The second-order valence-electron chi connectivity index (χ2n) is 3.55. The lowest BCUT2D eigenvalue weighted by atomic mass is 10.2. The van der Waals surface area contributed by atoms with E-state index in [1.807, 2.05) is 0 Å². The standard InChI is InChI=1S/C10H6Cl2F3N3/c1-5-16-17-9(12)18(5)8-3-6(10(13,14)15)2-7(11)4-8/h2-4H,1H3. The predicted molar refractivity (Wildman–Crippen MR) is 61.1 cm³/mol. The average molecular weight is 296 g/mol. The van der Waals surface area contributed by atoms with Crippen molar-refractivity contribution in [3.05, 3.63) is 39.9 Å². The molecule has 0 fully saturated rings. The van der Waals surface area contributed by atoms with Crippen LogP contribution < -0.4 is 0 Å². The van der Waals surface area contributed by atoms with Crippen LogP contribution in [-0.2, 0) is 6.18 Å². The minimum Gasteiger partial charge on any atom is -0.270 e. The summed E-state index contributed by atoms with van der Waals surface area (Å²) in [5.74, 6) is 0.371. The van der Waals surface area contributed by atoms with E-state index in [0.29, 0.717) is 5.82 Å². The molecule has 0 atom stereocenters. The SMILES string of the molecule is Cc1nnc(Cl)n1-c1cc(Cl)cc(C(F)(F)F)c1. The molecule has 0 N–H and O–H groups in total. The second-order valence-corrected chi connectivity index (χ2v) is 4.32. The fraction of sp³-hybridized carbons (Fsp3) is 0.200. The number of hydrogen-bond acceptors (Lipinski definition) is 2. The zero-order valence-electron chi connectivity index (χ0n) is 8.96. The number of hydrogen-bond donors (Lipinski definition) is 0. The van der Waals surface area contributed by atoms with Crippen LogP contribution in [-0.4, -0.2) is 14.8 Å². The lowest BCUT2D eigenvalue weighted by molar-refractivity contribution is -0.137. The van der Waals surface area contributed by atoms with Crippen LogP contribution in [0.2, 0.25) is 10.3 Å². The predicted octanol–water partition coefficient (Wildman–Crippen LogP) is 3.90. The molecule has 8 heteroatoms. The molecule has 0 aliphatic rings. The Bertz CT molecular complexity index is 573. The Morgan fingerprint density at radius 1 is 1.11 bits per heavy atom. The summed E-state index contributed by atoms with van der Waals surface area (Å²) in [5, 5.41) is 7.18. The molecule has 18 heavy (non-hydrogen) atoms. The molecule has 0 bridgehead atoms. The molecule has 0 radical (unpaired) electrons. The first kappa shape index (κ1) is 13.2. The van der Waals surface area contributed by atoms with Crippen molar-refractivity contribution < 1.29 is 13.2 Å². The fourth-order valence-corrected chi connectivity index (χ4v) is 1.98. The molecule has 1 heterocycles. The Morgan fingerprint density at radius 3 is 2.28 bits per heavy atom. The smallest absolute Gasteiger partial charge is 0.270 e. The Labute approximate surface area is 110 Å². The maximum atomic E-state index is 12.7. The summed E-state index contributed by atoms with van der Waals surface area (Å²) in [5.41, 5.74) is -0.684. The summed E-state index contributed by atoms with van der Waals surface area (Å²) in [6.45, 7) is 1.58. The van der Waals surface area contributed by atoms with Crippen LogP contribution in [0.3, 0.4) is 0 Å².